The molecule has 1 unspecified atom stereocenters. The SMILES string of the molecule is C=C[Si](C)(C)c1cccc(N(C)C(=O)C(F)C(F)(F)F)c1. The lowest BCUT2D eigenvalue weighted by Gasteiger charge is -2.24. The van der Waals surface area contributed by atoms with Gasteiger partial charge in [0.1, 0.15) is 8.07 Å². The topological polar surface area (TPSA) is 20.3 Å². The summed E-state index contributed by atoms with van der Waals surface area (Å²) in [6.07, 6.45) is -8.71. The van der Waals surface area contributed by atoms with Crippen molar-refractivity contribution < 1.29 is 22.4 Å². The van der Waals surface area contributed by atoms with E-state index in [0.29, 0.717) is 4.90 Å². The van der Waals surface area contributed by atoms with Crippen LogP contribution in [0.15, 0.2) is 36.5 Å². The van der Waals surface area contributed by atoms with E-state index in [4.69, 9.17) is 0 Å². The Bertz CT molecular complexity index is 542. The monoisotopic (exact) mass is 319 g/mol. The molecule has 0 spiro atoms. The summed E-state index contributed by atoms with van der Waals surface area (Å²) in [4.78, 5) is 12.2. The van der Waals surface area contributed by atoms with E-state index in [1.165, 1.54) is 6.07 Å². The smallest absolute Gasteiger partial charge is 0.313 e. The molecule has 2 nitrogen and oxygen atoms in total. The molecule has 1 amide bonds. The predicted octanol–water partition coefficient (Wildman–Crippen LogP) is 3.19. The van der Waals surface area contributed by atoms with E-state index >= 15 is 0 Å². The summed E-state index contributed by atoms with van der Waals surface area (Å²) in [5.41, 5.74) is 2.05. The van der Waals surface area contributed by atoms with Crippen molar-refractivity contribution in [1.82, 2.24) is 0 Å². The third-order valence-electron chi connectivity index (χ3n) is 3.32. The average molecular weight is 319 g/mol. The molecule has 7 heteroatoms. The lowest BCUT2D eigenvalue weighted by molar-refractivity contribution is -0.185. The molecule has 0 aliphatic heterocycles. The number of anilines is 1. The fourth-order valence-corrected chi connectivity index (χ4v) is 2.95. The minimum Gasteiger partial charge on any atom is -0.313 e. The third kappa shape index (κ3) is 3.93. The maximum absolute atomic E-state index is 13.1. The van der Waals surface area contributed by atoms with Crippen LogP contribution in [0.25, 0.3) is 0 Å². The highest BCUT2D eigenvalue weighted by Gasteiger charge is 2.47. The summed E-state index contributed by atoms with van der Waals surface area (Å²) in [6, 6.07) is 6.53. The molecule has 0 bridgehead atoms. The molecule has 0 radical (unpaired) electrons. The highest BCUT2D eigenvalue weighted by molar-refractivity contribution is 6.93. The number of carbonyl (C=O) groups excluding carboxylic acids is 1. The Balaban J connectivity index is 3.09. The molecule has 0 aliphatic carbocycles. The standard InChI is InChI=1S/C14H17F4NOSi/c1-5-21(3,4)11-8-6-7-10(9-11)19(2)13(20)12(15)14(16,17)18/h5-9,12H,1H2,2-4H3. The van der Waals surface area contributed by atoms with Crippen LogP contribution in [-0.2, 0) is 4.79 Å². The molecule has 21 heavy (non-hydrogen) atoms. The zero-order valence-electron chi connectivity index (χ0n) is 12.0. The third-order valence-corrected chi connectivity index (χ3v) is 6.14. The molecule has 1 rings (SSSR count). The van der Waals surface area contributed by atoms with Crippen molar-refractivity contribution in [2.45, 2.75) is 25.4 Å². The number of nitrogens with zero attached hydrogens (tertiary/aromatic N) is 1. The average Bonchev–Trinajstić information content (AvgIpc) is 2.44. The molecule has 0 fully saturated rings. The Morgan fingerprint density at radius 2 is 1.95 bits per heavy atom. The molecule has 1 aromatic rings. The summed E-state index contributed by atoms with van der Waals surface area (Å²) in [5, 5.41) is 0.900. The van der Waals surface area contributed by atoms with E-state index in [9.17, 15) is 22.4 Å². The van der Waals surface area contributed by atoms with E-state index in [0.717, 1.165) is 12.2 Å². The van der Waals surface area contributed by atoms with E-state index < -0.39 is 26.3 Å². The first-order chi connectivity index (χ1) is 9.50. The maximum atomic E-state index is 13.1. The number of hydrogen-bond donors (Lipinski definition) is 0. The largest absolute Gasteiger partial charge is 0.428 e. The predicted molar refractivity (Wildman–Crippen MR) is 78.1 cm³/mol. The summed E-state index contributed by atoms with van der Waals surface area (Å²) in [6.45, 7) is 7.77. The van der Waals surface area contributed by atoms with Gasteiger partial charge in [0.05, 0.1) is 0 Å². The summed E-state index contributed by atoms with van der Waals surface area (Å²) < 4.78 is 49.9. The van der Waals surface area contributed by atoms with Crippen molar-refractivity contribution in [2.24, 2.45) is 0 Å². The van der Waals surface area contributed by atoms with Gasteiger partial charge < -0.3 is 4.90 Å². The number of carbonyl (C=O) groups is 1. The summed E-state index contributed by atoms with van der Waals surface area (Å²) >= 11 is 0. The van der Waals surface area contributed by atoms with Crippen LogP contribution in [0.4, 0.5) is 23.2 Å². The maximum Gasteiger partial charge on any atom is 0.428 e. The summed E-state index contributed by atoms with van der Waals surface area (Å²) in [5.74, 6) is -1.63. The first kappa shape index (κ1) is 17.4. The Labute approximate surface area is 122 Å². The van der Waals surface area contributed by atoms with Crippen LogP contribution >= 0.6 is 0 Å². The first-order valence-corrected chi connectivity index (χ1v) is 9.31. The minimum absolute atomic E-state index is 0.229. The number of rotatable bonds is 4. The van der Waals surface area contributed by atoms with E-state index in [-0.39, 0.29) is 5.69 Å². The lowest BCUT2D eigenvalue weighted by atomic mass is 10.2. The molecule has 116 valence electrons. The molecule has 0 heterocycles. The zero-order chi connectivity index (χ0) is 16.4. The minimum atomic E-state index is -5.20. The lowest BCUT2D eigenvalue weighted by Crippen LogP contribution is -2.43. The Morgan fingerprint density at radius 1 is 1.38 bits per heavy atom. The number of hydrogen-bond acceptors (Lipinski definition) is 1. The number of halogens is 4. The van der Waals surface area contributed by atoms with Gasteiger partial charge in [-0.2, -0.15) is 13.2 Å². The van der Waals surface area contributed by atoms with Crippen molar-refractivity contribution in [3.63, 3.8) is 0 Å². The van der Waals surface area contributed by atoms with Crippen LogP contribution in [0.1, 0.15) is 0 Å². The highest BCUT2D eigenvalue weighted by atomic mass is 28.3. The van der Waals surface area contributed by atoms with Gasteiger partial charge in [-0.1, -0.05) is 36.1 Å². The first-order valence-electron chi connectivity index (χ1n) is 6.23. The fourth-order valence-electron chi connectivity index (χ4n) is 1.67. The van der Waals surface area contributed by atoms with Crippen LogP contribution in [-0.4, -0.2) is 33.4 Å². The van der Waals surface area contributed by atoms with Gasteiger partial charge in [-0.15, -0.1) is 6.58 Å². The number of amides is 1. The summed E-state index contributed by atoms with van der Waals surface area (Å²) in [7, 11) is -0.792. The quantitative estimate of drug-likeness (QED) is 0.616. The second-order valence-corrected chi connectivity index (χ2v) is 9.71. The second-order valence-electron chi connectivity index (χ2n) is 5.28. The van der Waals surface area contributed by atoms with Gasteiger partial charge in [-0.25, -0.2) is 4.39 Å². The molecule has 0 saturated heterocycles. The molecule has 0 N–H and O–H groups in total. The van der Waals surface area contributed by atoms with E-state index in [1.807, 2.05) is 24.9 Å². The normalized spacial score (nSPS) is 13.7. The van der Waals surface area contributed by atoms with Crippen molar-refractivity contribution in [2.75, 3.05) is 11.9 Å². The van der Waals surface area contributed by atoms with Crippen molar-refractivity contribution in [3.8, 4) is 0 Å². The van der Waals surface area contributed by atoms with Crippen molar-refractivity contribution >= 4 is 24.9 Å². The molecule has 0 saturated carbocycles. The second kappa shape index (κ2) is 6.01. The Hall–Kier alpha value is -1.63. The van der Waals surface area contributed by atoms with E-state index in [1.54, 1.807) is 12.1 Å². The Morgan fingerprint density at radius 3 is 2.43 bits per heavy atom. The van der Waals surface area contributed by atoms with Crippen LogP contribution in [0, 0.1) is 0 Å². The molecular formula is C14H17F4NOSi. The molecule has 1 atom stereocenters. The van der Waals surface area contributed by atoms with Gasteiger partial charge in [0.15, 0.2) is 0 Å². The van der Waals surface area contributed by atoms with Gasteiger partial charge in [-0.3, -0.25) is 4.79 Å². The fraction of sp³-hybridized carbons (Fsp3) is 0.357. The molecule has 1 aromatic carbocycles. The van der Waals surface area contributed by atoms with Crippen LogP contribution in [0.5, 0.6) is 0 Å². The van der Waals surface area contributed by atoms with Crippen molar-refractivity contribution in [1.29, 1.82) is 0 Å². The molecule has 0 aromatic heterocycles. The van der Waals surface area contributed by atoms with Gasteiger partial charge in [-0.05, 0) is 12.1 Å². The van der Waals surface area contributed by atoms with Crippen LogP contribution < -0.4 is 10.1 Å². The van der Waals surface area contributed by atoms with Gasteiger partial charge in [0.25, 0.3) is 12.1 Å². The van der Waals surface area contributed by atoms with Gasteiger partial charge in [0.2, 0.25) is 0 Å². The number of benzene rings is 1. The molecular weight excluding hydrogens is 302 g/mol. The van der Waals surface area contributed by atoms with E-state index in [2.05, 4.69) is 6.58 Å². The van der Waals surface area contributed by atoms with Crippen LogP contribution in [0.3, 0.4) is 0 Å². The molecule has 0 aliphatic rings. The van der Waals surface area contributed by atoms with Crippen molar-refractivity contribution in [3.05, 3.63) is 36.5 Å². The number of alkyl halides is 4. The Kier molecular flexibility index (Phi) is 4.98. The highest BCUT2D eigenvalue weighted by Crippen LogP contribution is 2.26. The van der Waals surface area contributed by atoms with Crippen LogP contribution in [0.2, 0.25) is 13.1 Å². The van der Waals surface area contributed by atoms with Gasteiger partial charge >= 0.3 is 6.18 Å². The zero-order valence-corrected chi connectivity index (χ0v) is 13.0. The van der Waals surface area contributed by atoms with Gasteiger partial charge in [0, 0.05) is 12.7 Å².